The number of benzene rings is 3. The first kappa shape index (κ1) is 19.6. The minimum absolute atomic E-state index is 0.0996. The highest BCUT2D eigenvalue weighted by Gasteiger charge is 2.55. The van der Waals surface area contributed by atoms with Crippen molar-refractivity contribution in [1.82, 2.24) is 10.6 Å². The number of carbonyl (C=O) groups excluding carboxylic acids is 3. The van der Waals surface area contributed by atoms with Crippen LogP contribution in [0.5, 0.6) is 0 Å². The summed E-state index contributed by atoms with van der Waals surface area (Å²) in [6, 6.07) is 26.7. The molecule has 1 aliphatic rings. The number of Topliss-reactive ketones (excluding diaryl/α,β-unsaturated/α-hetero) is 1. The molecule has 1 heterocycles. The second kappa shape index (κ2) is 8.33. The van der Waals surface area contributed by atoms with Gasteiger partial charge in [-0.25, -0.2) is 0 Å². The molecule has 1 fully saturated rings. The van der Waals surface area contributed by atoms with Gasteiger partial charge in [-0.1, -0.05) is 78.9 Å². The van der Waals surface area contributed by atoms with Gasteiger partial charge in [-0.05, 0) is 29.7 Å². The van der Waals surface area contributed by atoms with Gasteiger partial charge in [0.15, 0.2) is 11.3 Å². The third-order valence-electron chi connectivity index (χ3n) is 5.39. The van der Waals surface area contributed by atoms with Crippen LogP contribution >= 0.6 is 0 Å². The fraction of sp³-hybridized carbons (Fsp3) is 0.160. The summed E-state index contributed by atoms with van der Waals surface area (Å²) in [5.74, 6) is -1.23. The van der Waals surface area contributed by atoms with E-state index in [0.717, 1.165) is 11.1 Å². The minimum atomic E-state index is -1.65. The van der Waals surface area contributed by atoms with Crippen molar-refractivity contribution < 1.29 is 14.4 Å². The number of carbonyl (C=O) groups is 3. The largest absolute Gasteiger partial charge is 0.343 e. The maximum atomic E-state index is 13.5. The molecular formula is C25H22N2O3. The lowest BCUT2D eigenvalue weighted by Crippen LogP contribution is -2.59. The van der Waals surface area contributed by atoms with E-state index < -0.39 is 23.4 Å². The Bertz CT molecular complexity index is 1050. The predicted octanol–water partition coefficient (Wildman–Crippen LogP) is 2.71. The molecule has 2 atom stereocenters. The second-order valence-electron chi connectivity index (χ2n) is 7.47. The van der Waals surface area contributed by atoms with E-state index in [4.69, 9.17) is 0 Å². The molecule has 5 heteroatoms. The topological polar surface area (TPSA) is 75.3 Å². The standard InChI is InChI=1S/C25H22N2O3/c28-22-21(16-18-10-4-1-5-11-18)26-24(30)25(22,17-19-12-6-2-7-13-19)27-23(29)20-14-8-3-9-15-20/h1-15,21H,16-17H2,(H,26,30)(H,27,29). The Balaban J connectivity index is 1.66. The van der Waals surface area contributed by atoms with Crippen LogP contribution in [0.25, 0.3) is 0 Å². The number of nitrogens with one attached hydrogen (secondary N) is 2. The molecular weight excluding hydrogens is 376 g/mol. The number of amides is 2. The van der Waals surface area contributed by atoms with Crippen LogP contribution in [-0.2, 0) is 22.4 Å². The van der Waals surface area contributed by atoms with Crippen LogP contribution < -0.4 is 10.6 Å². The first-order chi connectivity index (χ1) is 14.6. The van der Waals surface area contributed by atoms with E-state index >= 15 is 0 Å². The molecule has 0 aliphatic carbocycles. The normalized spacial score (nSPS) is 20.6. The van der Waals surface area contributed by atoms with Gasteiger partial charge in [0, 0.05) is 12.0 Å². The fourth-order valence-corrected chi connectivity index (χ4v) is 3.84. The van der Waals surface area contributed by atoms with Crippen LogP contribution in [0.15, 0.2) is 91.0 Å². The lowest BCUT2D eigenvalue weighted by molar-refractivity contribution is -0.131. The molecule has 1 aliphatic heterocycles. The zero-order valence-corrected chi connectivity index (χ0v) is 16.4. The zero-order chi connectivity index (χ0) is 21.0. The summed E-state index contributed by atoms with van der Waals surface area (Å²) in [6.45, 7) is 0. The second-order valence-corrected chi connectivity index (χ2v) is 7.47. The average molecular weight is 398 g/mol. The fourth-order valence-electron chi connectivity index (χ4n) is 3.84. The summed E-state index contributed by atoms with van der Waals surface area (Å²) in [7, 11) is 0. The molecule has 30 heavy (non-hydrogen) atoms. The molecule has 0 radical (unpaired) electrons. The highest BCUT2D eigenvalue weighted by Crippen LogP contribution is 2.25. The molecule has 2 unspecified atom stereocenters. The van der Waals surface area contributed by atoms with Crippen molar-refractivity contribution in [2.24, 2.45) is 0 Å². The number of ketones is 1. The van der Waals surface area contributed by atoms with E-state index in [-0.39, 0.29) is 12.2 Å². The number of hydrogen-bond donors (Lipinski definition) is 2. The van der Waals surface area contributed by atoms with Gasteiger partial charge < -0.3 is 10.6 Å². The number of hydrogen-bond acceptors (Lipinski definition) is 3. The van der Waals surface area contributed by atoms with Gasteiger partial charge in [-0.2, -0.15) is 0 Å². The van der Waals surface area contributed by atoms with Crippen LogP contribution in [0.1, 0.15) is 21.5 Å². The summed E-state index contributed by atoms with van der Waals surface area (Å²) in [4.78, 5) is 39.6. The van der Waals surface area contributed by atoms with E-state index in [9.17, 15) is 14.4 Å². The third kappa shape index (κ3) is 3.87. The van der Waals surface area contributed by atoms with Crippen molar-refractivity contribution >= 4 is 17.6 Å². The van der Waals surface area contributed by atoms with Crippen molar-refractivity contribution in [3.8, 4) is 0 Å². The van der Waals surface area contributed by atoms with Gasteiger partial charge in [0.25, 0.3) is 11.8 Å². The van der Waals surface area contributed by atoms with E-state index in [0.29, 0.717) is 12.0 Å². The molecule has 150 valence electrons. The van der Waals surface area contributed by atoms with E-state index in [1.807, 2.05) is 60.7 Å². The molecule has 0 aromatic heterocycles. The molecule has 2 amide bonds. The summed E-state index contributed by atoms with van der Waals surface area (Å²) in [6.07, 6.45) is 0.478. The lowest BCUT2D eigenvalue weighted by atomic mass is 9.84. The van der Waals surface area contributed by atoms with Gasteiger partial charge >= 0.3 is 0 Å². The van der Waals surface area contributed by atoms with Crippen LogP contribution in [0.3, 0.4) is 0 Å². The molecule has 3 aromatic carbocycles. The smallest absolute Gasteiger partial charge is 0.254 e. The van der Waals surface area contributed by atoms with Crippen molar-refractivity contribution in [3.05, 3.63) is 108 Å². The Morgan fingerprint density at radius 2 is 1.33 bits per heavy atom. The van der Waals surface area contributed by atoms with Gasteiger partial charge in [0.2, 0.25) is 0 Å². The Morgan fingerprint density at radius 3 is 1.93 bits per heavy atom. The van der Waals surface area contributed by atoms with Crippen molar-refractivity contribution in [3.63, 3.8) is 0 Å². The molecule has 1 saturated heterocycles. The quantitative estimate of drug-likeness (QED) is 0.627. The third-order valence-corrected chi connectivity index (χ3v) is 5.39. The van der Waals surface area contributed by atoms with Crippen LogP contribution in [0.2, 0.25) is 0 Å². The van der Waals surface area contributed by atoms with E-state index in [1.165, 1.54) is 0 Å². The number of rotatable bonds is 6. The summed E-state index contributed by atoms with van der Waals surface area (Å²) >= 11 is 0. The Kier molecular flexibility index (Phi) is 5.44. The van der Waals surface area contributed by atoms with Gasteiger partial charge in [-0.3, -0.25) is 14.4 Å². The predicted molar refractivity (Wildman–Crippen MR) is 114 cm³/mol. The average Bonchev–Trinajstić information content (AvgIpc) is 3.00. The monoisotopic (exact) mass is 398 g/mol. The summed E-state index contributed by atoms with van der Waals surface area (Å²) in [5.41, 5.74) is 0.501. The first-order valence-electron chi connectivity index (χ1n) is 9.89. The Labute approximate surface area is 175 Å². The molecule has 4 rings (SSSR count). The lowest BCUT2D eigenvalue weighted by Gasteiger charge is -2.26. The van der Waals surface area contributed by atoms with E-state index in [1.54, 1.807) is 30.3 Å². The molecule has 0 spiro atoms. The van der Waals surface area contributed by atoms with Crippen molar-refractivity contribution in [2.45, 2.75) is 24.4 Å². The molecule has 0 saturated carbocycles. The van der Waals surface area contributed by atoms with Crippen molar-refractivity contribution in [2.75, 3.05) is 0 Å². The zero-order valence-electron chi connectivity index (χ0n) is 16.4. The van der Waals surface area contributed by atoms with E-state index in [2.05, 4.69) is 10.6 Å². The molecule has 0 bridgehead atoms. The Hall–Kier alpha value is -3.73. The molecule has 2 N–H and O–H groups in total. The highest BCUT2D eigenvalue weighted by atomic mass is 16.2. The maximum Gasteiger partial charge on any atom is 0.254 e. The van der Waals surface area contributed by atoms with Crippen molar-refractivity contribution in [1.29, 1.82) is 0 Å². The van der Waals surface area contributed by atoms with Crippen LogP contribution in [0, 0.1) is 0 Å². The summed E-state index contributed by atoms with van der Waals surface area (Å²) < 4.78 is 0. The van der Waals surface area contributed by atoms with Crippen LogP contribution in [0.4, 0.5) is 0 Å². The SMILES string of the molecule is O=C(NC1(Cc2ccccc2)C(=O)NC(Cc2ccccc2)C1=O)c1ccccc1. The summed E-state index contributed by atoms with van der Waals surface area (Å²) in [5, 5.41) is 5.59. The highest BCUT2D eigenvalue weighted by molar-refractivity contribution is 6.21. The van der Waals surface area contributed by atoms with Gasteiger partial charge in [0.1, 0.15) is 0 Å². The minimum Gasteiger partial charge on any atom is -0.343 e. The first-order valence-corrected chi connectivity index (χ1v) is 9.89. The van der Waals surface area contributed by atoms with Gasteiger partial charge in [0.05, 0.1) is 6.04 Å². The van der Waals surface area contributed by atoms with Crippen LogP contribution in [-0.4, -0.2) is 29.2 Å². The maximum absolute atomic E-state index is 13.5. The molecule has 3 aromatic rings. The molecule has 5 nitrogen and oxygen atoms in total. The Morgan fingerprint density at radius 1 is 0.800 bits per heavy atom. The van der Waals surface area contributed by atoms with Gasteiger partial charge in [-0.15, -0.1) is 0 Å².